The van der Waals surface area contributed by atoms with E-state index in [2.05, 4.69) is 5.32 Å². The van der Waals surface area contributed by atoms with Gasteiger partial charge in [-0.1, -0.05) is 19.1 Å². The van der Waals surface area contributed by atoms with E-state index in [0.29, 0.717) is 6.42 Å². The average Bonchev–Trinajstić information content (AvgIpc) is 2.45. The molecule has 2 N–H and O–H groups in total. The van der Waals surface area contributed by atoms with E-state index < -0.39 is 29.3 Å². The van der Waals surface area contributed by atoms with E-state index in [1.54, 1.807) is 19.9 Å². The summed E-state index contributed by atoms with van der Waals surface area (Å²) in [6.45, 7) is 3.31. The van der Waals surface area contributed by atoms with Gasteiger partial charge in [0, 0.05) is 7.11 Å². The van der Waals surface area contributed by atoms with Gasteiger partial charge in [-0.25, -0.2) is 4.39 Å². The molecule has 0 aliphatic carbocycles. The Bertz CT molecular complexity index is 551. The summed E-state index contributed by atoms with van der Waals surface area (Å²) in [7, 11) is 1.42. The number of carboxylic acid groups (broad SMARTS) is 1. The fraction of sp³-hybridized carbons (Fsp3) is 0.500. The Morgan fingerprint density at radius 3 is 2.57 bits per heavy atom. The van der Waals surface area contributed by atoms with Crippen LogP contribution >= 0.6 is 0 Å². The maximum Gasteiger partial charge on any atom is 0.305 e. The van der Waals surface area contributed by atoms with E-state index in [9.17, 15) is 14.0 Å². The van der Waals surface area contributed by atoms with Gasteiger partial charge < -0.3 is 19.9 Å². The van der Waals surface area contributed by atoms with Crippen LogP contribution in [0.1, 0.15) is 26.7 Å². The molecule has 1 aromatic rings. The lowest BCUT2D eigenvalue weighted by molar-refractivity contribution is -0.140. The number of para-hydroxylation sites is 1. The Hall–Kier alpha value is -2.15. The molecule has 0 spiro atoms. The number of carbonyl (C=O) groups excluding carboxylic acids is 1. The first kappa shape index (κ1) is 18.9. The molecule has 1 amide bonds. The molecular weight excluding hydrogens is 305 g/mol. The van der Waals surface area contributed by atoms with Crippen molar-refractivity contribution in [3.05, 3.63) is 30.1 Å². The molecule has 0 radical (unpaired) electrons. The molecule has 0 saturated carbocycles. The molecule has 2 unspecified atom stereocenters. The van der Waals surface area contributed by atoms with Crippen molar-refractivity contribution in [3.63, 3.8) is 0 Å². The lowest BCUT2D eigenvalue weighted by atomic mass is 9.98. The van der Waals surface area contributed by atoms with Crippen LogP contribution in [0.4, 0.5) is 4.39 Å². The van der Waals surface area contributed by atoms with Crippen LogP contribution in [0.2, 0.25) is 0 Å². The van der Waals surface area contributed by atoms with Gasteiger partial charge in [-0.05, 0) is 25.5 Å². The molecule has 1 rings (SSSR count). The molecule has 0 aliphatic rings. The number of rotatable bonds is 9. The van der Waals surface area contributed by atoms with Crippen LogP contribution in [0.3, 0.4) is 0 Å². The summed E-state index contributed by atoms with van der Waals surface area (Å²) >= 11 is 0. The van der Waals surface area contributed by atoms with Crippen molar-refractivity contribution in [3.8, 4) is 5.75 Å². The van der Waals surface area contributed by atoms with Crippen LogP contribution in [0.25, 0.3) is 0 Å². The summed E-state index contributed by atoms with van der Waals surface area (Å²) in [6, 6.07) is 5.78. The van der Waals surface area contributed by atoms with Crippen LogP contribution in [0.5, 0.6) is 5.75 Å². The van der Waals surface area contributed by atoms with E-state index in [0.717, 1.165) is 0 Å². The molecular formula is C16H22FNO5. The van der Waals surface area contributed by atoms with Crippen molar-refractivity contribution in [2.75, 3.05) is 13.7 Å². The third kappa shape index (κ3) is 5.86. The Balaban J connectivity index is 2.82. The zero-order valence-corrected chi connectivity index (χ0v) is 13.5. The lowest BCUT2D eigenvalue weighted by Gasteiger charge is -2.30. The number of hydrogen-bond acceptors (Lipinski definition) is 4. The molecule has 0 aromatic heterocycles. The monoisotopic (exact) mass is 327 g/mol. The number of benzene rings is 1. The minimum absolute atomic E-state index is 0.0267. The number of aliphatic carboxylic acids is 1. The van der Waals surface area contributed by atoms with E-state index in [1.807, 2.05) is 0 Å². The van der Waals surface area contributed by atoms with Crippen LogP contribution in [0.15, 0.2) is 24.3 Å². The molecule has 0 heterocycles. The zero-order valence-electron chi connectivity index (χ0n) is 13.5. The number of methoxy groups -OCH3 is 1. The number of hydrogen-bond donors (Lipinski definition) is 2. The van der Waals surface area contributed by atoms with Gasteiger partial charge in [0.15, 0.2) is 17.7 Å². The SMILES string of the molecule is CCC(Oc1ccccc1F)C(=O)NC(C)(COC)CC(=O)O. The molecule has 128 valence electrons. The highest BCUT2D eigenvalue weighted by Crippen LogP contribution is 2.19. The maximum atomic E-state index is 13.6. The Morgan fingerprint density at radius 2 is 2.04 bits per heavy atom. The topological polar surface area (TPSA) is 84.9 Å². The standard InChI is InChI=1S/C16H22FNO5/c1-4-12(23-13-8-6-5-7-11(13)17)15(21)18-16(2,10-22-3)9-14(19)20/h5-8,12H,4,9-10H2,1-3H3,(H,18,21)(H,19,20). The molecule has 1 aromatic carbocycles. The van der Waals surface area contributed by atoms with Gasteiger partial charge in [-0.3, -0.25) is 9.59 Å². The number of halogens is 1. The molecule has 0 aliphatic heterocycles. The van der Waals surface area contributed by atoms with Crippen molar-refractivity contribution >= 4 is 11.9 Å². The number of carboxylic acids is 1. The average molecular weight is 327 g/mol. The summed E-state index contributed by atoms with van der Waals surface area (Å²) in [5.41, 5.74) is -1.08. The highest BCUT2D eigenvalue weighted by atomic mass is 19.1. The summed E-state index contributed by atoms with van der Waals surface area (Å²) in [5, 5.41) is 11.6. The zero-order chi connectivity index (χ0) is 17.5. The van der Waals surface area contributed by atoms with E-state index >= 15 is 0 Å². The minimum atomic E-state index is -1.08. The molecule has 23 heavy (non-hydrogen) atoms. The molecule has 2 atom stereocenters. The molecule has 7 heteroatoms. The van der Waals surface area contributed by atoms with Crippen LogP contribution in [0, 0.1) is 5.82 Å². The van der Waals surface area contributed by atoms with Crippen molar-refractivity contribution in [1.82, 2.24) is 5.32 Å². The number of carbonyl (C=O) groups is 2. The second kappa shape index (κ2) is 8.47. The Labute approximate surface area is 134 Å². The third-order valence-corrected chi connectivity index (χ3v) is 3.20. The second-order valence-corrected chi connectivity index (χ2v) is 5.50. The highest BCUT2D eigenvalue weighted by molar-refractivity contribution is 5.82. The fourth-order valence-electron chi connectivity index (χ4n) is 2.18. The summed E-state index contributed by atoms with van der Waals surface area (Å²) < 4.78 is 24.0. The van der Waals surface area contributed by atoms with E-state index in [-0.39, 0.29) is 18.8 Å². The largest absolute Gasteiger partial charge is 0.481 e. The van der Waals surface area contributed by atoms with E-state index in [4.69, 9.17) is 14.6 Å². The van der Waals surface area contributed by atoms with E-state index in [1.165, 1.54) is 25.3 Å². The van der Waals surface area contributed by atoms with Crippen LogP contribution in [-0.4, -0.2) is 42.3 Å². The van der Waals surface area contributed by atoms with Crippen molar-refractivity contribution in [2.45, 2.75) is 38.3 Å². The highest BCUT2D eigenvalue weighted by Gasteiger charge is 2.32. The van der Waals surface area contributed by atoms with Crippen molar-refractivity contribution in [1.29, 1.82) is 0 Å². The van der Waals surface area contributed by atoms with Crippen molar-refractivity contribution < 1.29 is 28.6 Å². The van der Waals surface area contributed by atoms with Crippen LogP contribution in [-0.2, 0) is 14.3 Å². The minimum Gasteiger partial charge on any atom is -0.481 e. The van der Waals surface area contributed by atoms with Gasteiger partial charge in [-0.15, -0.1) is 0 Å². The first-order valence-corrected chi connectivity index (χ1v) is 7.25. The van der Waals surface area contributed by atoms with Gasteiger partial charge in [0.2, 0.25) is 0 Å². The quantitative estimate of drug-likeness (QED) is 0.724. The first-order chi connectivity index (χ1) is 10.8. The molecule has 0 saturated heterocycles. The fourth-order valence-corrected chi connectivity index (χ4v) is 2.18. The molecule has 6 nitrogen and oxygen atoms in total. The molecule has 0 bridgehead atoms. The summed E-state index contributed by atoms with van der Waals surface area (Å²) in [5.74, 6) is -2.17. The lowest BCUT2D eigenvalue weighted by Crippen LogP contribution is -2.54. The van der Waals surface area contributed by atoms with Gasteiger partial charge >= 0.3 is 5.97 Å². The summed E-state index contributed by atoms with van der Waals surface area (Å²) in [6.07, 6.45) is -0.934. The number of amides is 1. The predicted octanol–water partition coefficient (Wildman–Crippen LogP) is 1.98. The second-order valence-electron chi connectivity index (χ2n) is 5.50. The van der Waals surface area contributed by atoms with Crippen molar-refractivity contribution in [2.24, 2.45) is 0 Å². The normalized spacial score (nSPS) is 14.6. The maximum absolute atomic E-state index is 13.6. The Kier molecular flexibility index (Phi) is 6.96. The van der Waals surface area contributed by atoms with Gasteiger partial charge in [0.25, 0.3) is 5.91 Å². The smallest absolute Gasteiger partial charge is 0.305 e. The van der Waals surface area contributed by atoms with Gasteiger partial charge in [-0.2, -0.15) is 0 Å². The number of nitrogens with one attached hydrogen (secondary N) is 1. The first-order valence-electron chi connectivity index (χ1n) is 7.25. The molecule has 0 fully saturated rings. The van der Waals surface area contributed by atoms with Gasteiger partial charge in [0.1, 0.15) is 0 Å². The predicted molar refractivity (Wildman–Crippen MR) is 81.8 cm³/mol. The van der Waals surface area contributed by atoms with Gasteiger partial charge in [0.05, 0.1) is 18.6 Å². The third-order valence-electron chi connectivity index (χ3n) is 3.20. The number of ether oxygens (including phenoxy) is 2. The summed E-state index contributed by atoms with van der Waals surface area (Å²) in [4.78, 5) is 23.3. The van der Waals surface area contributed by atoms with Crippen LogP contribution < -0.4 is 10.1 Å². The Morgan fingerprint density at radius 1 is 1.39 bits per heavy atom.